The summed E-state index contributed by atoms with van der Waals surface area (Å²) in [6.45, 7) is 9.13. The number of hydrogen-bond acceptors (Lipinski definition) is 1. The van der Waals surface area contributed by atoms with Crippen LogP contribution in [-0.4, -0.2) is 5.25 Å². The maximum atomic E-state index is 4.66. The molecule has 0 radical (unpaired) electrons. The molecule has 2 unspecified atom stereocenters. The van der Waals surface area contributed by atoms with E-state index < -0.39 is 0 Å². The molecule has 0 aliphatic heterocycles. The van der Waals surface area contributed by atoms with E-state index in [-0.39, 0.29) is 0 Å². The molecule has 0 saturated carbocycles. The third-order valence-corrected chi connectivity index (χ3v) is 3.70. The van der Waals surface area contributed by atoms with Crippen LogP contribution >= 0.6 is 12.6 Å². The van der Waals surface area contributed by atoms with Gasteiger partial charge in [0.2, 0.25) is 0 Å². The van der Waals surface area contributed by atoms with Gasteiger partial charge in [0, 0.05) is 5.25 Å². The highest BCUT2D eigenvalue weighted by Gasteiger charge is 2.26. The van der Waals surface area contributed by atoms with Crippen molar-refractivity contribution >= 4 is 12.6 Å². The van der Waals surface area contributed by atoms with E-state index in [1.54, 1.807) is 11.1 Å². The first-order valence-electron chi connectivity index (χ1n) is 4.85. The van der Waals surface area contributed by atoms with Crippen LogP contribution in [0.15, 0.2) is 11.1 Å². The van der Waals surface area contributed by atoms with Gasteiger partial charge in [-0.1, -0.05) is 25.0 Å². The lowest BCUT2D eigenvalue weighted by molar-refractivity contribution is 0.353. The number of thiol groups is 1. The van der Waals surface area contributed by atoms with Crippen LogP contribution in [0.5, 0.6) is 0 Å². The monoisotopic (exact) mass is 184 g/mol. The lowest BCUT2D eigenvalue weighted by atomic mass is 9.79. The lowest BCUT2D eigenvalue weighted by Gasteiger charge is -2.32. The Balaban J connectivity index is 2.72. The van der Waals surface area contributed by atoms with Crippen LogP contribution in [-0.2, 0) is 0 Å². The molecule has 0 fully saturated rings. The molecule has 1 rings (SSSR count). The average molecular weight is 184 g/mol. The van der Waals surface area contributed by atoms with Gasteiger partial charge in [-0.3, -0.25) is 0 Å². The number of hydrogen-bond donors (Lipinski definition) is 1. The second kappa shape index (κ2) is 3.87. The normalized spacial score (nSPS) is 31.5. The second-order valence-corrected chi connectivity index (χ2v) is 5.11. The van der Waals surface area contributed by atoms with Crippen LogP contribution in [0.1, 0.15) is 40.5 Å². The molecule has 0 heterocycles. The van der Waals surface area contributed by atoms with E-state index in [0.29, 0.717) is 5.25 Å². The van der Waals surface area contributed by atoms with Crippen LogP contribution in [0.25, 0.3) is 0 Å². The largest absolute Gasteiger partial charge is 0.175 e. The molecule has 1 aliphatic rings. The molecule has 0 spiro atoms. The summed E-state index contributed by atoms with van der Waals surface area (Å²) in [6, 6.07) is 0. The molecule has 70 valence electrons. The number of allylic oxidation sites excluding steroid dienone is 2. The summed E-state index contributed by atoms with van der Waals surface area (Å²) in [5.41, 5.74) is 3.16. The van der Waals surface area contributed by atoms with Crippen molar-refractivity contribution in [3.05, 3.63) is 11.1 Å². The molecule has 1 aliphatic carbocycles. The zero-order valence-electron chi connectivity index (χ0n) is 8.59. The highest BCUT2D eigenvalue weighted by molar-refractivity contribution is 7.81. The first-order chi connectivity index (χ1) is 5.52. The van der Waals surface area contributed by atoms with Crippen LogP contribution in [0.2, 0.25) is 0 Å². The van der Waals surface area contributed by atoms with Gasteiger partial charge in [-0.05, 0) is 38.5 Å². The zero-order chi connectivity index (χ0) is 9.30. The second-order valence-electron chi connectivity index (χ2n) is 4.44. The molecular weight excluding hydrogens is 164 g/mol. The first-order valence-corrected chi connectivity index (χ1v) is 5.37. The van der Waals surface area contributed by atoms with Gasteiger partial charge in [0.25, 0.3) is 0 Å². The smallest absolute Gasteiger partial charge is 0.00877 e. The Kier molecular flexibility index (Phi) is 3.28. The molecule has 0 amide bonds. The summed E-state index contributed by atoms with van der Waals surface area (Å²) in [4.78, 5) is 0. The average Bonchev–Trinajstić information content (AvgIpc) is 1.96. The SMILES string of the molecule is CC1=C(C)CC(C(C)C)C(S)C1. The van der Waals surface area contributed by atoms with E-state index in [2.05, 4.69) is 40.3 Å². The van der Waals surface area contributed by atoms with Crippen LogP contribution < -0.4 is 0 Å². The minimum atomic E-state index is 0.591. The Bertz CT molecular complexity index is 191. The van der Waals surface area contributed by atoms with Crippen LogP contribution in [0, 0.1) is 11.8 Å². The third kappa shape index (κ3) is 2.07. The summed E-state index contributed by atoms with van der Waals surface area (Å²) in [5, 5.41) is 0.591. The molecule has 0 aromatic rings. The van der Waals surface area contributed by atoms with Crippen molar-refractivity contribution in [1.82, 2.24) is 0 Å². The summed E-state index contributed by atoms with van der Waals surface area (Å²) in [5.74, 6) is 1.56. The van der Waals surface area contributed by atoms with Crippen molar-refractivity contribution in [2.45, 2.75) is 45.8 Å². The molecule has 1 heteroatoms. The van der Waals surface area contributed by atoms with E-state index in [9.17, 15) is 0 Å². The Morgan fingerprint density at radius 2 is 1.67 bits per heavy atom. The van der Waals surface area contributed by atoms with Crippen LogP contribution in [0.3, 0.4) is 0 Å². The van der Waals surface area contributed by atoms with Crippen molar-refractivity contribution in [3.8, 4) is 0 Å². The van der Waals surface area contributed by atoms with Crippen LogP contribution in [0.4, 0.5) is 0 Å². The summed E-state index contributed by atoms with van der Waals surface area (Å²) < 4.78 is 0. The van der Waals surface area contributed by atoms with Crippen molar-refractivity contribution < 1.29 is 0 Å². The van der Waals surface area contributed by atoms with E-state index >= 15 is 0 Å². The van der Waals surface area contributed by atoms with Crippen molar-refractivity contribution in [1.29, 1.82) is 0 Å². The molecule has 0 N–H and O–H groups in total. The molecule has 0 saturated heterocycles. The van der Waals surface area contributed by atoms with E-state index in [1.807, 2.05) is 0 Å². The molecule has 0 bridgehead atoms. The Labute approximate surface area is 81.8 Å². The van der Waals surface area contributed by atoms with Gasteiger partial charge >= 0.3 is 0 Å². The van der Waals surface area contributed by atoms with Gasteiger partial charge in [-0.25, -0.2) is 0 Å². The van der Waals surface area contributed by atoms with Gasteiger partial charge in [-0.2, -0.15) is 12.6 Å². The van der Waals surface area contributed by atoms with E-state index in [1.165, 1.54) is 12.8 Å². The Hall–Kier alpha value is 0.0900. The van der Waals surface area contributed by atoms with Gasteiger partial charge in [0.1, 0.15) is 0 Å². The molecule has 0 nitrogen and oxygen atoms in total. The van der Waals surface area contributed by atoms with Gasteiger partial charge in [-0.15, -0.1) is 0 Å². The predicted molar refractivity (Wildman–Crippen MR) is 58.7 cm³/mol. The van der Waals surface area contributed by atoms with Crippen molar-refractivity contribution in [2.24, 2.45) is 11.8 Å². The van der Waals surface area contributed by atoms with Gasteiger partial charge in [0.15, 0.2) is 0 Å². The molecule has 2 atom stereocenters. The standard InChI is InChI=1S/C11H20S/c1-7(2)10-5-8(3)9(4)6-11(10)12/h7,10-12H,5-6H2,1-4H3. The molecule has 0 aromatic heterocycles. The topological polar surface area (TPSA) is 0 Å². The summed E-state index contributed by atoms with van der Waals surface area (Å²) >= 11 is 4.66. The van der Waals surface area contributed by atoms with E-state index in [0.717, 1.165) is 11.8 Å². The summed E-state index contributed by atoms with van der Waals surface area (Å²) in [7, 11) is 0. The quantitative estimate of drug-likeness (QED) is 0.466. The van der Waals surface area contributed by atoms with E-state index in [4.69, 9.17) is 0 Å². The molecular formula is C11H20S. The number of rotatable bonds is 1. The lowest BCUT2D eigenvalue weighted by Crippen LogP contribution is -2.25. The highest BCUT2D eigenvalue weighted by atomic mass is 32.1. The molecule has 12 heavy (non-hydrogen) atoms. The maximum absolute atomic E-state index is 4.66. The Morgan fingerprint density at radius 3 is 2.17 bits per heavy atom. The van der Waals surface area contributed by atoms with Crippen molar-refractivity contribution in [2.75, 3.05) is 0 Å². The minimum absolute atomic E-state index is 0.591. The first kappa shape index (κ1) is 10.2. The fraction of sp³-hybridized carbons (Fsp3) is 0.818. The fourth-order valence-electron chi connectivity index (χ4n) is 1.98. The van der Waals surface area contributed by atoms with Gasteiger partial charge < -0.3 is 0 Å². The van der Waals surface area contributed by atoms with Gasteiger partial charge in [0.05, 0.1) is 0 Å². The van der Waals surface area contributed by atoms with Crippen molar-refractivity contribution in [3.63, 3.8) is 0 Å². The maximum Gasteiger partial charge on any atom is 0.00877 e. The zero-order valence-corrected chi connectivity index (χ0v) is 9.49. The minimum Gasteiger partial charge on any atom is -0.175 e. The predicted octanol–water partition coefficient (Wildman–Crippen LogP) is 3.69. The fourth-order valence-corrected chi connectivity index (χ4v) is 2.71. The Morgan fingerprint density at radius 1 is 1.17 bits per heavy atom. The third-order valence-electron chi connectivity index (χ3n) is 3.14. The highest BCUT2D eigenvalue weighted by Crippen LogP contribution is 2.36. The molecule has 0 aromatic carbocycles. The summed E-state index contributed by atoms with van der Waals surface area (Å²) in [6.07, 6.45) is 2.45.